The Hall–Kier alpha value is -0.990. The Morgan fingerprint density at radius 2 is 1.94 bits per heavy atom. The van der Waals surface area contributed by atoms with Crippen molar-refractivity contribution in [2.75, 3.05) is 0 Å². The second-order valence-electron chi connectivity index (χ2n) is 4.29. The minimum absolute atomic E-state index is 0.0758. The molecule has 0 aliphatic heterocycles. The minimum atomic E-state index is -3.83. The second-order valence-corrected chi connectivity index (χ2v) is 7.40. The maximum atomic E-state index is 12.1. The van der Waals surface area contributed by atoms with Crippen LogP contribution in [0.3, 0.4) is 0 Å². The third-order valence-electron chi connectivity index (χ3n) is 2.32. The van der Waals surface area contributed by atoms with Gasteiger partial charge >= 0.3 is 5.97 Å². The summed E-state index contributed by atoms with van der Waals surface area (Å²) >= 11 is 1.03. The molecule has 102 valence electrons. The molecule has 0 saturated carbocycles. The third-order valence-corrected chi connectivity index (χ3v) is 5.44. The number of rotatable bonds is 5. The summed E-state index contributed by atoms with van der Waals surface area (Å²) < 4.78 is 26.4. The van der Waals surface area contributed by atoms with Crippen LogP contribution in [0.1, 0.15) is 24.5 Å². The molecule has 1 aromatic heterocycles. The van der Waals surface area contributed by atoms with E-state index in [-0.39, 0.29) is 10.1 Å². The molecule has 2 N–H and O–H groups in total. The lowest BCUT2D eigenvalue weighted by Gasteiger charge is -2.17. The summed E-state index contributed by atoms with van der Waals surface area (Å²) in [5, 5.41) is 9.62. The number of carbonyl (C=O) groups is 1. The fourth-order valence-corrected chi connectivity index (χ4v) is 4.29. The van der Waals surface area contributed by atoms with Gasteiger partial charge in [0.15, 0.2) is 4.21 Å². The number of nitrogens with one attached hydrogen (secondary N) is 1. The van der Waals surface area contributed by atoms with Crippen molar-refractivity contribution in [3.05, 3.63) is 10.7 Å². The van der Waals surface area contributed by atoms with Crippen LogP contribution in [0.4, 0.5) is 0 Å². The van der Waals surface area contributed by atoms with Crippen LogP contribution >= 0.6 is 11.3 Å². The van der Waals surface area contributed by atoms with Gasteiger partial charge in [0.2, 0.25) is 0 Å². The largest absolute Gasteiger partial charge is 0.480 e. The fraction of sp³-hybridized carbons (Fsp3) is 0.600. The summed E-state index contributed by atoms with van der Waals surface area (Å²) in [5.41, 5.74) is 0.387. The molecule has 0 unspecified atom stereocenters. The predicted molar refractivity (Wildman–Crippen MR) is 68.2 cm³/mol. The highest BCUT2D eigenvalue weighted by Gasteiger charge is 2.30. The van der Waals surface area contributed by atoms with E-state index in [4.69, 9.17) is 5.11 Å². The van der Waals surface area contributed by atoms with E-state index in [9.17, 15) is 13.2 Å². The van der Waals surface area contributed by atoms with E-state index < -0.39 is 22.0 Å². The molecule has 1 aromatic rings. The number of nitrogens with zero attached hydrogens (tertiary/aromatic N) is 1. The van der Waals surface area contributed by atoms with Crippen molar-refractivity contribution in [2.24, 2.45) is 5.92 Å². The third kappa shape index (κ3) is 3.27. The van der Waals surface area contributed by atoms with E-state index in [0.717, 1.165) is 11.3 Å². The molecule has 8 heteroatoms. The van der Waals surface area contributed by atoms with Gasteiger partial charge in [-0.25, -0.2) is 13.4 Å². The molecule has 0 radical (unpaired) electrons. The fourth-order valence-electron chi connectivity index (χ4n) is 1.45. The number of aromatic nitrogens is 1. The van der Waals surface area contributed by atoms with Crippen LogP contribution in [0.5, 0.6) is 0 Å². The first-order valence-corrected chi connectivity index (χ1v) is 7.64. The summed E-state index contributed by atoms with van der Waals surface area (Å²) in [6.07, 6.45) is 0. The van der Waals surface area contributed by atoms with Crippen LogP contribution in [-0.2, 0) is 14.8 Å². The summed E-state index contributed by atoms with van der Waals surface area (Å²) in [6.45, 7) is 6.58. The molecule has 18 heavy (non-hydrogen) atoms. The Bertz CT molecular complexity index is 548. The maximum Gasteiger partial charge on any atom is 0.322 e. The smallest absolute Gasteiger partial charge is 0.322 e. The van der Waals surface area contributed by atoms with Gasteiger partial charge in [0, 0.05) is 0 Å². The molecule has 0 aliphatic rings. The predicted octanol–water partition coefficient (Wildman–Crippen LogP) is 1.15. The number of sulfonamides is 1. The normalized spacial score (nSPS) is 13.8. The monoisotopic (exact) mass is 292 g/mol. The van der Waals surface area contributed by atoms with E-state index >= 15 is 0 Å². The lowest BCUT2D eigenvalue weighted by atomic mass is 10.1. The van der Waals surface area contributed by atoms with Gasteiger partial charge in [-0.2, -0.15) is 4.72 Å². The second kappa shape index (κ2) is 5.33. The van der Waals surface area contributed by atoms with Crippen LogP contribution in [0.15, 0.2) is 4.21 Å². The van der Waals surface area contributed by atoms with Gasteiger partial charge in [-0.05, 0) is 19.8 Å². The van der Waals surface area contributed by atoms with Gasteiger partial charge < -0.3 is 5.11 Å². The molecule has 1 heterocycles. The van der Waals surface area contributed by atoms with E-state index in [1.807, 2.05) is 0 Å². The summed E-state index contributed by atoms with van der Waals surface area (Å²) in [5.74, 6) is -1.53. The average Bonchev–Trinajstić information content (AvgIpc) is 2.54. The minimum Gasteiger partial charge on any atom is -0.480 e. The lowest BCUT2D eigenvalue weighted by molar-refractivity contribution is -0.140. The van der Waals surface area contributed by atoms with Crippen molar-refractivity contribution in [1.82, 2.24) is 9.71 Å². The van der Waals surface area contributed by atoms with Gasteiger partial charge in [-0.15, -0.1) is 11.3 Å². The van der Waals surface area contributed by atoms with Gasteiger partial charge in [0.25, 0.3) is 10.0 Å². The van der Waals surface area contributed by atoms with Crippen molar-refractivity contribution in [3.63, 3.8) is 0 Å². The molecule has 0 saturated heterocycles. The zero-order valence-corrected chi connectivity index (χ0v) is 12.2. The number of aliphatic carboxylic acids is 1. The van der Waals surface area contributed by atoms with Crippen molar-refractivity contribution in [2.45, 2.75) is 37.9 Å². The van der Waals surface area contributed by atoms with Gasteiger partial charge in [0.1, 0.15) is 6.04 Å². The van der Waals surface area contributed by atoms with Crippen molar-refractivity contribution in [1.29, 1.82) is 0 Å². The summed E-state index contributed by atoms with van der Waals surface area (Å²) in [6, 6.07) is -1.14. The van der Waals surface area contributed by atoms with Crippen LogP contribution in [0.2, 0.25) is 0 Å². The molecule has 1 atom stereocenters. The van der Waals surface area contributed by atoms with Crippen LogP contribution < -0.4 is 4.72 Å². The Balaban J connectivity index is 3.08. The van der Waals surface area contributed by atoms with Crippen molar-refractivity contribution in [3.8, 4) is 0 Å². The SMILES string of the molecule is Cc1nc(C)c(S(=O)(=O)N[C@@H](C(=O)O)C(C)C)s1. The van der Waals surface area contributed by atoms with Gasteiger partial charge in [0.05, 0.1) is 10.7 Å². The zero-order valence-electron chi connectivity index (χ0n) is 10.6. The zero-order chi connectivity index (χ0) is 14.1. The van der Waals surface area contributed by atoms with Crippen LogP contribution in [0, 0.1) is 19.8 Å². The summed E-state index contributed by atoms with van der Waals surface area (Å²) in [7, 11) is -3.83. The molecular weight excluding hydrogens is 276 g/mol. The van der Waals surface area contributed by atoms with Crippen molar-refractivity contribution < 1.29 is 18.3 Å². The van der Waals surface area contributed by atoms with E-state index in [1.54, 1.807) is 27.7 Å². The van der Waals surface area contributed by atoms with E-state index in [1.165, 1.54) is 0 Å². The first-order chi connectivity index (χ1) is 8.15. The van der Waals surface area contributed by atoms with Gasteiger partial charge in [-0.3, -0.25) is 4.79 Å². The molecule has 6 nitrogen and oxygen atoms in total. The molecule has 1 rings (SSSR count). The highest BCUT2D eigenvalue weighted by molar-refractivity contribution is 7.91. The van der Waals surface area contributed by atoms with Crippen LogP contribution in [0.25, 0.3) is 0 Å². The van der Waals surface area contributed by atoms with Gasteiger partial charge in [-0.1, -0.05) is 13.8 Å². The molecule has 0 fully saturated rings. The number of hydrogen-bond donors (Lipinski definition) is 2. The maximum absolute atomic E-state index is 12.1. The molecule has 0 aromatic carbocycles. The van der Waals surface area contributed by atoms with Crippen molar-refractivity contribution >= 4 is 27.3 Å². The number of carboxylic acids is 1. The Morgan fingerprint density at radius 3 is 2.28 bits per heavy atom. The molecule has 0 bridgehead atoms. The quantitative estimate of drug-likeness (QED) is 0.848. The molecule has 0 amide bonds. The topological polar surface area (TPSA) is 96.4 Å². The molecule has 0 spiro atoms. The number of thiazole rings is 1. The number of carboxylic acid groups (broad SMARTS) is 1. The summed E-state index contributed by atoms with van der Waals surface area (Å²) in [4.78, 5) is 15.0. The van der Waals surface area contributed by atoms with E-state index in [0.29, 0.717) is 10.7 Å². The first kappa shape index (κ1) is 15.1. The average molecular weight is 292 g/mol. The lowest BCUT2D eigenvalue weighted by Crippen LogP contribution is -2.44. The first-order valence-electron chi connectivity index (χ1n) is 5.34. The molecular formula is C10H16N2O4S2. The number of hydrogen-bond acceptors (Lipinski definition) is 5. The number of aryl methyl sites for hydroxylation is 2. The molecule has 0 aliphatic carbocycles. The van der Waals surface area contributed by atoms with Crippen LogP contribution in [-0.4, -0.2) is 30.5 Å². The highest BCUT2D eigenvalue weighted by Crippen LogP contribution is 2.23. The highest BCUT2D eigenvalue weighted by atomic mass is 32.2. The Labute approximate surface area is 110 Å². The Kier molecular flexibility index (Phi) is 4.46. The standard InChI is InChI=1S/C10H16N2O4S2/c1-5(2)8(9(13)14)12-18(15,16)10-6(3)11-7(4)17-10/h5,8,12H,1-4H3,(H,13,14)/t8-/m1/s1. The Morgan fingerprint density at radius 1 is 1.39 bits per heavy atom. The van der Waals surface area contributed by atoms with E-state index in [2.05, 4.69) is 9.71 Å².